The second-order valence-corrected chi connectivity index (χ2v) is 7.53. The van der Waals surface area contributed by atoms with Crippen molar-refractivity contribution in [3.8, 4) is 0 Å². The molecule has 1 aliphatic rings. The Hall–Kier alpha value is -1.85. The summed E-state index contributed by atoms with van der Waals surface area (Å²) in [5, 5.41) is 0.701. The SMILES string of the molecule is CCC(CN=C1NS(=O)(=O)c2ccccc21)c1ccc(Cl)cc1. The first kappa shape index (κ1) is 16.0. The van der Waals surface area contributed by atoms with Gasteiger partial charge in [-0.2, -0.15) is 0 Å². The molecule has 6 heteroatoms. The van der Waals surface area contributed by atoms with E-state index in [0.717, 1.165) is 12.0 Å². The molecule has 0 aromatic heterocycles. The van der Waals surface area contributed by atoms with Gasteiger partial charge in [-0.05, 0) is 36.2 Å². The molecule has 1 atom stereocenters. The van der Waals surface area contributed by atoms with E-state index >= 15 is 0 Å². The zero-order valence-corrected chi connectivity index (χ0v) is 14.2. The molecular formula is C17H17ClN2O2S. The smallest absolute Gasteiger partial charge is 0.263 e. The molecule has 23 heavy (non-hydrogen) atoms. The van der Waals surface area contributed by atoms with E-state index in [-0.39, 0.29) is 5.92 Å². The van der Waals surface area contributed by atoms with Crippen molar-refractivity contribution in [1.29, 1.82) is 0 Å². The van der Waals surface area contributed by atoms with E-state index < -0.39 is 10.0 Å². The van der Waals surface area contributed by atoms with E-state index in [9.17, 15) is 8.42 Å². The Kier molecular flexibility index (Phi) is 4.41. The molecule has 0 aliphatic carbocycles. The van der Waals surface area contributed by atoms with Crippen molar-refractivity contribution in [2.45, 2.75) is 24.2 Å². The lowest BCUT2D eigenvalue weighted by Gasteiger charge is -2.13. The molecule has 0 saturated heterocycles. The van der Waals surface area contributed by atoms with Gasteiger partial charge in [-0.25, -0.2) is 8.42 Å². The van der Waals surface area contributed by atoms with E-state index in [4.69, 9.17) is 11.6 Å². The number of fused-ring (bicyclic) bond motifs is 1. The molecule has 1 N–H and O–H groups in total. The lowest BCUT2D eigenvalue weighted by molar-refractivity contribution is 0.595. The minimum absolute atomic E-state index is 0.219. The van der Waals surface area contributed by atoms with E-state index in [1.807, 2.05) is 30.3 Å². The molecule has 1 aliphatic heterocycles. The van der Waals surface area contributed by atoms with Gasteiger partial charge < -0.3 is 0 Å². The second kappa shape index (κ2) is 6.34. The molecule has 4 nitrogen and oxygen atoms in total. The van der Waals surface area contributed by atoms with Gasteiger partial charge in [0.2, 0.25) is 0 Å². The normalized spacial score (nSPS) is 18.4. The highest BCUT2D eigenvalue weighted by atomic mass is 35.5. The molecule has 0 saturated carbocycles. The summed E-state index contributed by atoms with van der Waals surface area (Å²) in [4.78, 5) is 4.81. The third-order valence-electron chi connectivity index (χ3n) is 3.97. The molecule has 0 fully saturated rings. The van der Waals surface area contributed by atoms with Crippen molar-refractivity contribution in [3.05, 3.63) is 64.7 Å². The standard InChI is InChI=1S/C17H17ClN2O2S/c1-2-12(13-7-9-14(18)10-8-13)11-19-17-15-5-3-4-6-16(15)23(21,22)20-17/h3-10,12H,2,11H2,1H3,(H,19,20). The Bertz CT molecular complexity index is 845. The number of aliphatic imine (C=N–C) groups is 1. The fourth-order valence-electron chi connectivity index (χ4n) is 2.66. The zero-order valence-electron chi connectivity index (χ0n) is 12.7. The first-order chi connectivity index (χ1) is 11.0. The van der Waals surface area contributed by atoms with Crippen LogP contribution in [0.25, 0.3) is 0 Å². The van der Waals surface area contributed by atoms with Crippen molar-refractivity contribution in [1.82, 2.24) is 4.72 Å². The van der Waals surface area contributed by atoms with Gasteiger partial charge in [0.05, 0.1) is 4.90 Å². The average molecular weight is 349 g/mol. The quantitative estimate of drug-likeness (QED) is 0.918. The molecule has 0 radical (unpaired) electrons. The van der Waals surface area contributed by atoms with Crippen molar-refractivity contribution in [3.63, 3.8) is 0 Å². The molecule has 1 heterocycles. The molecule has 1 unspecified atom stereocenters. The predicted octanol–water partition coefficient (Wildman–Crippen LogP) is 3.57. The first-order valence-corrected chi connectivity index (χ1v) is 9.29. The van der Waals surface area contributed by atoms with Crippen molar-refractivity contribution in [2.75, 3.05) is 6.54 Å². The third-order valence-corrected chi connectivity index (χ3v) is 5.62. The molecule has 0 bridgehead atoms. The topological polar surface area (TPSA) is 58.5 Å². The van der Waals surface area contributed by atoms with Gasteiger partial charge in [0.1, 0.15) is 5.84 Å². The molecule has 2 aromatic rings. The highest BCUT2D eigenvalue weighted by molar-refractivity contribution is 7.90. The summed E-state index contributed by atoms with van der Waals surface area (Å²) < 4.78 is 26.7. The van der Waals surface area contributed by atoms with Gasteiger partial charge in [-0.1, -0.05) is 42.8 Å². The van der Waals surface area contributed by atoms with Crippen LogP contribution in [0, 0.1) is 0 Å². The van der Waals surface area contributed by atoms with Gasteiger partial charge in [0.25, 0.3) is 10.0 Å². The highest BCUT2D eigenvalue weighted by Crippen LogP contribution is 2.25. The summed E-state index contributed by atoms with van der Waals surface area (Å²) in [5.41, 5.74) is 1.79. The number of sulfonamides is 1. The Morgan fingerprint density at radius 1 is 1.13 bits per heavy atom. The lowest BCUT2D eigenvalue weighted by Crippen LogP contribution is -2.23. The van der Waals surface area contributed by atoms with Gasteiger partial charge in [0.15, 0.2) is 0 Å². The number of halogens is 1. The summed E-state index contributed by atoms with van der Waals surface area (Å²) in [6.07, 6.45) is 0.910. The van der Waals surface area contributed by atoms with Crippen LogP contribution in [0.1, 0.15) is 30.4 Å². The monoisotopic (exact) mass is 348 g/mol. The number of hydrogen-bond acceptors (Lipinski definition) is 3. The average Bonchev–Trinajstić information content (AvgIpc) is 2.81. The molecule has 0 amide bonds. The molecule has 0 spiro atoms. The van der Waals surface area contributed by atoms with Crippen molar-refractivity contribution < 1.29 is 8.42 Å². The van der Waals surface area contributed by atoms with Crippen molar-refractivity contribution >= 4 is 27.5 Å². The Labute approximate surface area is 141 Å². The second-order valence-electron chi connectivity index (χ2n) is 5.45. The molecule has 3 rings (SSSR count). The van der Waals surface area contributed by atoms with Gasteiger partial charge >= 0.3 is 0 Å². The summed E-state index contributed by atoms with van der Waals surface area (Å²) in [5.74, 6) is 0.644. The van der Waals surface area contributed by atoms with E-state index in [1.165, 1.54) is 0 Å². The third kappa shape index (κ3) is 3.26. The van der Waals surface area contributed by atoms with Crippen LogP contribution in [-0.2, 0) is 10.0 Å². The minimum atomic E-state index is -3.48. The van der Waals surface area contributed by atoms with E-state index in [0.29, 0.717) is 27.9 Å². The highest BCUT2D eigenvalue weighted by Gasteiger charge is 2.30. The van der Waals surface area contributed by atoms with Gasteiger partial charge in [-0.15, -0.1) is 0 Å². The van der Waals surface area contributed by atoms with Crippen LogP contribution in [-0.4, -0.2) is 20.8 Å². The predicted molar refractivity (Wildman–Crippen MR) is 92.7 cm³/mol. The van der Waals surface area contributed by atoms with Crippen LogP contribution in [0.5, 0.6) is 0 Å². The summed E-state index contributed by atoms with van der Waals surface area (Å²) in [7, 11) is -3.48. The van der Waals surface area contributed by atoms with Crippen LogP contribution >= 0.6 is 11.6 Å². The zero-order chi connectivity index (χ0) is 16.4. The maximum atomic E-state index is 12.1. The number of nitrogens with zero attached hydrogens (tertiary/aromatic N) is 1. The Morgan fingerprint density at radius 2 is 1.83 bits per heavy atom. The summed E-state index contributed by atoms with van der Waals surface area (Å²) in [6.45, 7) is 2.61. The minimum Gasteiger partial charge on any atom is -0.267 e. The molecule has 2 aromatic carbocycles. The number of hydrogen-bond donors (Lipinski definition) is 1. The van der Waals surface area contributed by atoms with E-state index in [1.54, 1.807) is 18.2 Å². The van der Waals surface area contributed by atoms with E-state index in [2.05, 4.69) is 16.6 Å². The van der Waals surface area contributed by atoms with Gasteiger partial charge in [-0.3, -0.25) is 9.71 Å². The Balaban J connectivity index is 1.86. The molecular weight excluding hydrogens is 332 g/mol. The van der Waals surface area contributed by atoms with Crippen molar-refractivity contribution in [2.24, 2.45) is 4.99 Å². The number of benzene rings is 2. The first-order valence-electron chi connectivity index (χ1n) is 7.43. The maximum absolute atomic E-state index is 12.1. The van der Waals surface area contributed by atoms with Crippen LogP contribution in [0.3, 0.4) is 0 Å². The lowest BCUT2D eigenvalue weighted by atomic mass is 9.97. The fraction of sp³-hybridized carbons (Fsp3) is 0.235. The van der Waals surface area contributed by atoms with Crippen LogP contribution in [0.2, 0.25) is 5.02 Å². The fourth-order valence-corrected chi connectivity index (χ4v) is 4.03. The summed E-state index contributed by atoms with van der Waals surface area (Å²) in [6, 6.07) is 14.6. The van der Waals surface area contributed by atoms with Crippen LogP contribution < -0.4 is 4.72 Å². The van der Waals surface area contributed by atoms with Crippen LogP contribution in [0.4, 0.5) is 0 Å². The number of rotatable bonds is 4. The molecule has 120 valence electrons. The van der Waals surface area contributed by atoms with Crippen LogP contribution in [0.15, 0.2) is 58.4 Å². The number of amidine groups is 1. The summed E-state index contributed by atoms with van der Waals surface area (Å²) >= 11 is 5.92. The maximum Gasteiger partial charge on any atom is 0.263 e. The van der Waals surface area contributed by atoms with Gasteiger partial charge in [0, 0.05) is 23.0 Å². The number of nitrogens with one attached hydrogen (secondary N) is 1. The Morgan fingerprint density at radius 3 is 2.52 bits per heavy atom. The largest absolute Gasteiger partial charge is 0.267 e.